The van der Waals surface area contributed by atoms with Gasteiger partial charge in [-0.2, -0.15) is 0 Å². The van der Waals surface area contributed by atoms with Crippen LogP contribution in [0, 0.1) is 6.92 Å². The van der Waals surface area contributed by atoms with Gasteiger partial charge in [0, 0.05) is 12.2 Å². The van der Waals surface area contributed by atoms with Crippen LogP contribution in [0.1, 0.15) is 19.4 Å². The van der Waals surface area contributed by atoms with Gasteiger partial charge in [-0.05, 0) is 32.4 Å². The molecule has 11 heavy (non-hydrogen) atoms. The minimum Gasteiger partial charge on any atom is -0.381 e. The van der Waals surface area contributed by atoms with Gasteiger partial charge in [-0.25, -0.2) is 0 Å². The predicted octanol–water partition coefficient (Wildman–Crippen LogP) is 2.21. The Balaban J connectivity index is 2.78. The molecule has 1 N–H and O–H groups in total. The van der Waals surface area contributed by atoms with E-state index in [1.807, 2.05) is 12.3 Å². The van der Waals surface area contributed by atoms with Gasteiger partial charge in [-0.1, -0.05) is 0 Å². The van der Waals surface area contributed by atoms with E-state index in [1.54, 1.807) is 6.20 Å². The molecule has 0 bridgehead atoms. The molecule has 1 aromatic heterocycles. The summed E-state index contributed by atoms with van der Waals surface area (Å²) in [4.78, 5) is 4.04. The maximum Gasteiger partial charge on any atom is 0.0558 e. The highest BCUT2D eigenvalue weighted by Gasteiger charge is 1.97. The number of hydrogen-bond donors (Lipinski definition) is 1. The van der Waals surface area contributed by atoms with E-state index in [1.165, 1.54) is 5.56 Å². The Morgan fingerprint density at radius 3 is 2.73 bits per heavy atom. The quantitative estimate of drug-likeness (QED) is 0.699. The SMILES string of the molecule is Cc1ccncc1NC(C)C. The molecule has 1 heterocycles. The van der Waals surface area contributed by atoms with Gasteiger partial charge >= 0.3 is 0 Å². The molecule has 0 saturated carbocycles. The number of anilines is 1. The van der Waals surface area contributed by atoms with Crippen LogP contribution in [-0.2, 0) is 0 Å². The topological polar surface area (TPSA) is 24.9 Å². The molecule has 60 valence electrons. The van der Waals surface area contributed by atoms with Crippen molar-refractivity contribution >= 4 is 5.69 Å². The number of pyridine rings is 1. The van der Waals surface area contributed by atoms with Crippen LogP contribution < -0.4 is 5.32 Å². The molecular formula is C9H14N2. The van der Waals surface area contributed by atoms with E-state index in [2.05, 4.69) is 31.1 Å². The molecule has 0 aliphatic rings. The lowest BCUT2D eigenvalue weighted by Gasteiger charge is -2.11. The lowest BCUT2D eigenvalue weighted by molar-refractivity contribution is 0.895. The van der Waals surface area contributed by atoms with Crippen LogP contribution in [0.15, 0.2) is 18.5 Å². The van der Waals surface area contributed by atoms with Crippen molar-refractivity contribution in [2.24, 2.45) is 0 Å². The summed E-state index contributed by atoms with van der Waals surface area (Å²) in [5.41, 5.74) is 2.37. The first-order chi connectivity index (χ1) is 5.20. The van der Waals surface area contributed by atoms with Crippen LogP contribution >= 0.6 is 0 Å². The Hall–Kier alpha value is -1.05. The zero-order valence-electron chi connectivity index (χ0n) is 7.26. The molecule has 0 fully saturated rings. The molecule has 1 aromatic rings. The van der Waals surface area contributed by atoms with Crippen molar-refractivity contribution in [3.63, 3.8) is 0 Å². The molecule has 0 spiro atoms. The summed E-state index contributed by atoms with van der Waals surface area (Å²) in [5.74, 6) is 0. The van der Waals surface area contributed by atoms with Gasteiger partial charge < -0.3 is 5.32 Å². The zero-order chi connectivity index (χ0) is 8.27. The van der Waals surface area contributed by atoms with Crippen molar-refractivity contribution in [2.45, 2.75) is 26.8 Å². The average molecular weight is 150 g/mol. The summed E-state index contributed by atoms with van der Waals surface area (Å²) < 4.78 is 0. The van der Waals surface area contributed by atoms with Crippen molar-refractivity contribution in [2.75, 3.05) is 5.32 Å². The van der Waals surface area contributed by atoms with Crippen LogP contribution in [0.25, 0.3) is 0 Å². The molecule has 0 aromatic carbocycles. The highest BCUT2D eigenvalue weighted by atomic mass is 14.9. The number of nitrogens with zero attached hydrogens (tertiary/aromatic N) is 1. The number of nitrogens with one attached hydrogen (secondary N) is 1. The molecule has 1 rings (SSSR count). The minimum absolute atomic E-state index is 0.470. The van der Waals surface area contributed by atoms with Gasteiger partial charge in [0.1, 0.15) is 0 Å². The van der Waals surface area contributed by atoms with E-state index in [0.717, 1.165) is 5.69 Å². The van der Waals surface area contributed by atoms with E-state index < -0.39 is 0 Å². The number of aromatic nitrogens is 1. The minimum atomic E-state index is 0.470. The second-order valence-electron chi connectivity index (χ2n) is 2.99. The molecule has 0 radical (unpaired) electrons. The molecule has 2 nitrogen and oxygen atoms in total. The van der Waals surface area contributed by atoms with E-state index in [0.29, 0.717) is 6.04 Å². The van der Waals surface area contributed by atoms with Crippen molar-refractivity contribution in [1.82, 2.24) is 4.98 Å². The Kier molecular flexibility index (Phi) is 2.47. The highest BCUT2D eigenvalue weighted by Crippen LogP contribution is 2.11. The van der Waals surface area contributed by atoms with E-state index in [9.17, 15) is 0 Å². The molecule has 0 unspecified atom stereocenters. The third-order valence-corrected chi connectivity index (χ3v) is 1.48. The number of hydrogen-bond acceptors (Lipinski definition) is 2. The molecule has 0 amide bonds. The predicted molar refractivity (Wildman–Crippen MR) is 47.7 cm³/mol. The van der Waals surface area contributed by atoms with Crippen molar-refractivity contribution in [3.05, 3.63) is 24.0 Å². The number of aryl methyl sites for hydroxylation is 1. The Labute approximate surface area is 67.7 Å². The van der Waals surface area contributed by atoms with Gasteiger partial charge in [0.05, 0.1) is 11.9 Å². The van der Waals surface area contributed by atoms with Crippen LogP contribution in [0.5, 0.6) is 0 Å². The van der Waals surface area contributed by atoms with Gasteiger partial charge in [0.2, 0.25) is 0 Å². The van der Waals surface area contributed by atoms with Crippen LogP contribution in [0.4, 0.5) is 5.69 Å². The second-order valence-corrected chi connectivity index (χ2v) is 2.99. The monoisotopic (exact) mass is 150 g/mol. The fraction of sp³-hybridized carbons (Fsp3) is 0.444. The first-order valence-electron chi connectivity index (χ1n) is 3.87. The fourth-order valence-corrected chi connectivity index (χ4v) is 0.926. The smallest absolute Gasteiger partial charge is 0.0558 e. The third-order valence-electron chi connectivity index (χ3n) is 1.48. The van der Waals surface area contributed by atoms with Crippen LogP contribution in [-0.4, -0.2) is 11.0 Å². The maximum absolute atomic E-state index is 4.04. The molecule has 0 saturated heterocycles. The van der Waals surface area contributed by atoms with Crippen LogP contribution in [0.3, 0.4) is 0 Å². The number of rotatable bonds is 2. The van der Waals surface area contributed by atoms with Gasteiger partial charge in [0.25, 0.3) is 0 Å². The Bertz CT molecular complexity index is 231. The standard InChI is InChI=1S/C9H14N2/c1-7(2)11-9-6-10-5-4-8(9)3/h4-7,11H,1-3H3. The van der Waals surface area contributed by atoms with E-state index in [4.69, 9.17) is 0 Å². The maximum atomic E-state index is 4.04. The highest BCUT2D eigenvalue weighted by molar-refractivity contribution is 5.48. The largest absolute Gasteiger partial charge is 0.381 e. The van der Waals surface area contributed by atoms with Gasteiger partial charge in [-0.3, -0.25) is 4.98 Å². The fourth-order valence-electron chi connectivity index (χ4n) is 0.926. The van der Waals surface area contributed by atoms with Crippen molar-refractivity contribution < 1.29 is 0 Å². The molecular weight excluding hydrogens is 136 g/mol. The second kappa shape index (κ2) is 3.37. The zero-order valence-corrected chi connectivity index (χ0v) is 7.26. The third kappa shape index (κ3) is 2.22. The summed E-state index contributed by atoms with van der Waals surface area (Å²) in [6.07, 6.45) is 3.66. The summed E-state index contributed by atoms with van der Waals surface area (Å²) in [5, 5.41) is 3.31. The van der Waals surface area contributed by atoms with Gasteiger partial charge in [0.15, 0.2) is 0 Å². The average Bonchev–Trinajstić information content (AvgIpc) is 1.93. The summed E-state index contributed by atoms with van der Waals surface area (Å²) in [6, 6.07) is 2.47. The molecule has 0 aliphatic heterocycles. The molecule has 0 aliphatic carbocycles. The first-order valence-corrected chi connectivity index (χ1v) is 3.87. The Morgan fingerprint density at radius 1 is 1.45 bits per heavy atom. The van der Waals surface area contributed by atoms with Gasteiger partial charge in [-0.15, -0.1) is 0 Å². The Morgan fingerprint density at radius 2 is 2.18 bits per heavy atom. The van der Waals surface area contributed by atoms with E-state index in [-0.39, 0.29) is 0 Å². The summed E-state index contributed by atoms with van der Waals surface area (Å²) in [7, 11) is 0. The normalized spacial score (nSPS) is 10.2. The van der Waals surface area contributed by atoms with Crippen molar-refractivity contribution in [1.29, 1.82) is 0 Å². The van der Waals surface area contributed by atoms with Crippen LogP contribution in [0.2, 0.25) is 0 Å². The molecule has 0 atom stereocenters. The summed E-state index contributed by atoms with van der Waals surface area (Å²) in [6.45, 7) is 6.31. The first kappa shape index (κ1) is 8.05. The lowest BCUT2D eigenvalue weighted by Crippen LogP contribution is -2.10. The molecule has 2 heteroatoms. The van der Waals surface area contributed by atoms with Crippen molar-refractivity contribution in [3.8, 4) is 0 Å². The van der Waals surface area contributed by atoms with E-state index >= 15 is 0 Å². The summed E-state index contributed by atoms with van der Waals surface area (Å²) >= 11 is 0. The lowest BCUT2D eigenvalue weighted by atomic mass is 10.2.